The van der Waals surface area contributed by atoms with E-state index in [0.717, 1.165) is 34.4 Å². The Labute approximate surface area is 136 Å². The Morgan fingerprint density at radius 2 is 2.10 bits per heavy atom. The highest BCUT2D eigenvalue weighted by molar-refractivity contribution is 7.80. The van der Waals surface area contributed by atoms with Crippen molar-refractivity contribution in [3.63, 3.8) is 0 Å². The van der Waals surface area contributed by atoms with Crippen LogP contribution in [0.3, 0.4) is 0 Å². The van der Waals surface area contributed by atoms with Crippen LogP contribution in [0.15, 0.2) is 29.4 Å². The average Bonchev–Trinajstić information content (AvgIpc) is 2.98. The Hall–Kier alpha value is -1.13. The number of nitrogens with one attached hydrogen (secondary N) is 1. The maximum Gasteiger partial charge on any atom is 0.189 e. The van der Waals surface area contributed by atoms with Crippen molar-refractivity contribution >= 4 is 34.6 Å². The van der Waals surface area contributed by atoms with E-state index in [9.17, 15) is 0 Å². The number of benzene rings is 1. The average molecular weight is 322 g/mol. The molecule has 112 valence electrons. The summed E-state index contributed by atoms with van der Waals surface area (Å²) in [6.07, 6.45) is 7.31. The van der Waals surface area contributed by atoms with Crippen LogP contribution in [-0.4, -0.2) is 28.4 Å². The predicted octanol–water partition coefficient (Wildman–Crippen LogP) is 3.96. The van der Waals surface area contributed by atoms with Crippen LogP contribution in [0.5, 0.6) is 0 Å². The molecule has 0 unspecified atom stereocenters. The zero-order chi connectivity index (χ0) is 14.7. The van der Waals surface area contributed by atoms with Crippen LogP contribution in [0.2, 0.25) is 5.02 Å². The predicted molar refractivity (Wildman–Crippen MR) is 91.9 cm³/mol. The van der Waals surface area contributed by atoms with Crippen molar-refractivity contribution in [1.29, 1.82) is 0 Å². The summed E-state index contributed by atoms with van der Waals surface area (Å²) in [6, 6.07) is 8.37. The topological polar surface area (TPSA) is 27.6 Å². The summed E-state index contributed by atoms with van der Waals surface area (Å²) >= 11 is 11.5. The highest BCUT2D eigenvalue weighted by atomic mass is 35.5. The molecule has 1 N–H and O–H groups in total. The number of rotatable bonds is 2. The minimum absolute atomic E-state index is 0.525. The van der Waals surface area contributed by atoms with Gasteiger partial charge in [-0.1, -0.05) is 43.0 Å². The summed E-state index contributed by atoms with van der Waals surface area (Å²) in [5.41, 5.74) is 2.15. The van der Waals surface area contributed by atoms with Crippen molar-refractivity contribution in [3.05, 3.63) is 34.9 Å². The van der Waals surface area contributed by atoms with Crippen LogP contribution in [-0.2, 0) is 0 Å². The Bertz CT molecular complexity index is 552. The number of halogens is 1. The second-order valence-electron chi connectivity index (χ2n) is 5.71. The standard InChI is InChI=1S/C16H20ClN3S/c17-13-6-4-5-12(11-13)15-9-10-20(19-15)16(21)18-14-7-2-1-3-8-14/h4-6,11,14H,1-3,7-10H2,(H,18,21). The van der Waals surface area contributed by atoms with E-state index in [-0.39, 0.29) is 0 Å². The number of nitrogens with zero attached hydrogens (tertiary/aromatic N) is 2. The van der Waals surface area contributed by atoms with Crippen LogP contribution in [0.4, 0.5) is 0 Å². The fourth-order valence-corrected chi connectivity index (χ4v) is 3.46. The Morgan fingerprint density at radius 3 is 2.86 bits per heavy atom. The van der Waals surface area contributed by atoms with Gasteiger partial charge >= 0.3 is 0 Å². The van der Waals surface area contributed by atoms with Gasteiger partial charge in [0.1, 0.15) is 0 Å². The first-order valence-corrected chi connectivity index (χ1v) is 8.42. The van der Waals surface area contributed by atoms with Gasteiger partial charge in [-0.2, -0.15) is 5.10 Å². The zero-order valence-corrected chi connectivity index (χ0v) is 13.6. The molecule has 0 atom stereocenters. The van der Waals surface area contributed by atoms with E-state index in [1.165, 1.54) is 32.1 Å². The molecule has 0 amide bonds. The van der Waals surface area contributed by atoms with Gasteiger partial charge in [0.25, 0.3) is 0 Å². The lowest BCUT2D eigenvalue weighted by Gasteiger charge is -2.26. The summed E-state index contributed by atoms with van der Waals surface area (Å²) in [5, 5.41) is 11.5. The number of hydrazone groups is 1. The first-order chi connectivity index (χ1) is 10.2. The van der Waals surface area contributed by atoms with Crippen molar-refractivity contribution in [2.45, 2.75) is 44.6 Å². The molecule has 0 bridgehead atoms. The van der Waals surface area contributed by atoms with E-state index >= 15 is 0 Å². The summed E-state index contributed by atoms with van der Waals surface area (Å²) in [5.74, 6) is 0. The number of hydrogen-bond donors (Lipinski definition) is 1. The van der Waals surface area contributed by atoms with Gasteiger partial charge in [-0.15, -0.1) is 0 Å². The molecule has 1 aromatic rings. The normalized spacial score (nSPS) is 19.5. The summed E-state index contributed by atoms with van der Waals surface area (Å²) in [4.78, 5) is 0. The molecule has 3 nitrogen and oxygen atoms in total. The molecule has 3 rings (SSSR count). The monoisotopic (exact) mass is 321 g/mol. The fraction of sp³-hybridized carbons (Fsp3) is 0.500. The molecule has 21 heavy (non-hydrogen) atoms. The first kappa shape index (κ1) is 14.8. The summed E-state index contributed by atoms with van der Waals surface area (Å²) in [6.45, 7) is 0.848. The van der Waals surface area contributed by atoms with E-state index in [1.807, 2.05) is 29.3 Å². The maximum absolute atomic E-state index is 6.04. The third-order valence-electron chi connectivity index (χ3n) is 4.13. The largest absolute Gasteiger partial charge is 0.358 e. The second-order valence-corrected chi connectivity index (χ2v) is 6.54. The molecule has 0 saturated heterocycles. The van der Waals surface area contributed by atoms with Crippen molar-refractivity contribution in [3.8, 4) is 0 Å². The SMILES string of the molecule is S=C(NC1CCCCC1)N1CCC(c2cccc(Cl)c2)=N1. The molecule has 1 heterocycles. The molecule has 1 fully saturated rings. The summed E-state index contributed by atoms with van der Waals surface area (Å²) < 4.78 is 0. The summed E-state index contributed by atoms with van der Waals surface area (Å²) in [7, 11) is 0. The van der Waals surface area contributed by atoms with E-state index in [2.05, 4.69) is 10.4 Å². The molecule has 1 saturated carbocycles. The third kappa shape index (κ3) is 3.74. The van der Waals surface area contributed by atoms with Crippen molar-refractivity contribution in [2.24, 2.45) is 5.10 Å². The molecule has 5 heteroatoms. The molecule has 0 aromatic heterocycles. The Balaban J connectivity index is 1.63. The second kappa shape index (κ2) is 6.75. The Kier molecular flexibility index (Phi) is 4.76. The number of hydrogen-bond acceptors (Lipinski definition) is 2. The molecule has 2 aliphatic rings. The van der Waals surface area contributed by atoms with E-state index in [0.29, 0.717) is 6.04 Å². The Morgan fingerprint density at radius 1 is 1.29 bits per heavy atom. The minimum atomic E-state index is 0.525. The van der Waals surface area contributed by atoms with Gasteiger partial charge in [0.2, 0.25) is 0 Å². The smallest absolute Gasteiger partial charge is 0.189 e. The van der Waals surface area contributed by atoms with Crippen LogP contribution in [0.1, 0.15) is 44.1 Å². The van der Waals surface area contributed by atoms with E-state index in [1.54, 1.807) is 0 Å². The highest BCUT2D eigenvalue weighted by Crippen LogP contribution is 2.20. The first-order valence-electron chi connectivity index (χ1n) is 7.64. The maximum atomic E-state index is 6.04. The van der Waals surface area contributed by atoms with Gasteiger partial charge in [-0.05, 0) is 42.8 Å². The van der Waals surface area contributed by atoms with Gasteiger partial charge in [-0.3, -0.25) is 0 Å². The molecule has 1 aliphatic carbocycles. The molecule has 0 radical (unpaired) electrons. The zero-order valence-electron chi connectivity index (χ0n) is 12.0. The lowest BCUT2D eigenvalue weighted by atomic mass is 9.96. The highest BCUT2D eigenvalue weighted by Gasteiger charge is 2.22. The van der Waals surface area contributed by atoms with Gasteiger partial charge in [-0.25, -0.2) is 5.01 Å². The molecular weight excluding hydrogens is 302 g/mol. The van der Waals surface area contributed by atoms with Crippen LogP contribution in [0, 0.1) is 0 Å². The van der Waals surface area contributed by atoms with Gasteiger partial charge in [0, 0.05) is 24.0 Å². The van der Waals surface area contributed by atoms with Crippen molar-refractivity contribution in [1.82, 2.24) is 10.3 Å². The third-order valence-corrected chi connectivity index (χ3v) is 4.69. The van der Waals surface area contributed by atoms with Gasteiger partial charge in [0.15, 0.2) is 5.11 Å². The van der Waals surface area contributed by atoms with Gasteiger partial charge in [0.05, 0.1) is 5.71 Å². The minimum Gasteiger partial charge on any atom is -0.358 e. The lowest BCUT2D eigenvalue weighted by Crippen LogP contribution is -2.42. The van der Waals surface area contributed by atoms with Gasteiger partial charge < -0.3 is 5.32 Å². The van der Waals surface area contributed by atoms with E-state index < -0.39 is 0 Å². The quantitative estimate of drug-likeness (QED) is 0.836. The van der Waals surface area contributed by atoms with Crippen LogP contribution >= 0.6 is 23.8 Å². The molecule has 0 spiro atoms. The molecule has 1 aromatic carbocycles. The lowest BCUT2D eigenvalue weighted by molar-refractivity contribution is 0.390. The molecule has 1 aliphatic heterocycles. The van der Waals surface area contributed by atoms with Crippen molar-refractivity contribution < 1.29 is 0 Å². The van der Waals surface area contributed by atoms with Crippen LogP contribution in [0.25, 0.3) is 0 Å². The van der Waals surface area contributed by atoms with Crippen molar-refractivity contribution in [2.75, 3.05) is 6.54 Å². The van der Waals surface area contributed by atoms with E-state index in [4.69, 9.17) is 23.8 Å². The molecular formula is C16H20ClN3S. The number of thiocarbonyl (C=S) groups is 1. The fourth-order valence-electron chi connectivity index (χ4n) is 2.97. The van der Waals surface area contributed by atoms with Crippen LogP contribution < -0.4 is 5.32 Å².